The van der Waals surface area contributed by atoms with Gasteiger partial charge in [0.25, 0.3) is 0 Å². The summed E-state index contributed by atoms with van der Waals surface area (Å²) in [6, 6.07) is 10.6. The van der Waals surface area contributed by atoms with E-state index in [-0.39, 0.29) is 23.1 Å². The molecule has 4 atom stereocenters. The fraction of sp³-hybridized carbons (Fsp3) is 0.647. The van der Waals surface area contributed by atoms with Crippen LogP contribution in [-0.4, -0.2) is 17.3 Å². The number of benzene rings is 1. The molecular weight excluding hydrogens is 248 g/mol. The van der Waals surface area contributed by atoms with E-state index in [2.05, 4.69) is 49.3 Å². The lowest BCUT2D eigenvalue weighted by atomic mass is 9.63. The van der Waals surface area contributed by atoms with Crippen LogP contribution in [0.2, 0.25) is 0 Å². The molecule has 0 amide bonds. The summed E-state index contributed by atoms with van der Waals surface area (Å²) in [5, 5.41) is 19.6. The summed E-state index contributed by atoms with van der Waals surface area (Å²) in [4.78, 5) is 0. The molecule has 0 unspecified atom stereocenters. The second-order valence-electron chi connectivity index (χ2n) is 7.18. The summed E-state index contributed by atoms with van der Waals surface area (Å²) in [6.45, 7) is 4.64. The first kappa shape index (κ1) is 12.5. The van der Waals surface area contributed by atoms with Gasteiger partial charge >= 0.3 is 0 Å². The zero-order valence-corrected chi connectivity index (χ0v) is 12.2. The van der Waals surface area contributed by atoms with Crippen LogP contribution in [0, 0.1) is 17.3 Å². The van der Waals surface area contributed by atoms with Crippen LogP contribution in [0.4, 0.5) is 0 Å². The lowest BCUT2D eigenvalue weighted by molar-refractivity contribution is 0.0761. The van der Waals surface area contributed by atoms with Crippen LogP contribution in [-0.2, 0) is 5.54 Å². The molecule has 2 saturated carbocycles. The van der Waals surface area contributed by atoms with Gasteiger partial charge in [-0.15, -0.1) is 0 Å². The fourth-order valence-electron chi connectivity index (χ4n) is 5.53. The molecule has 106 valence electrons. The second kappa shape index (κ2) is 3.70. The highest BCUT2D eigenvalue weighted by atomic mass is 16.3. The monoisotopic (exact) mass is 270 g/mol. The van der Waals surface area contributed by atoms with Gasteiger partial charge in [0.1, 0.15) is 11.1 Å². The molecule has 3 nitrogen and oxygen atoms in total. The molecule has 0 aromatic heterocycles. The van der Waals surface area contributed by atoms with Crippen LogP contribution >= 0.6 is 0 Å². The highest BCUT2D eigenvalue weighted by molar-refractivity contribution is 5.40. The summed E-state index contributed by atoms with van der Waals surface area (Å²) in [5.41, 5.74) is 0.548. The van der Waals surface area contributed by atoms with E-state index >= 15 is 0 Å². The van der Waals surface area contributed by atoms with Crippen molar-refractivity contribution in [3.63, 3.8) is 0 Å². The first-order valence-corrected chi connectivity index (χ1v) is 7.70. The molecule has 2 bridgehead atoms. The quantitative estimate of drug-likeness (QED) is 0.877. The Kier molecular flexibility index (Phi) is 2.32. The van der Waals surface area contributed by atoms with Crippen molar-refractivity contribution in [2.45, 2.75) is 44.2 Å². The van der Waals surface area contributed by atoms with Crippen molar-refractivity contribution < 1.29 is 5.11 Å². The van der Waals surface area contributed by atoms with Gasteiger partial charge in [0.05, 0.1) is 6.61 Å². The maximum atomic E-state index is 10.1. The van der Waals surface area contributed by atoms with Crippen molar-refractivity contribution in [1.82, 2.24) is 0 Å². The minimum Gasteiger partial charge on any atom is -0.394 e. The summed E-state index contributed by atoms with van der Waals surface area (Å²) < 4.78 is 0. The molecule has 1 aromatic carbocycles. The Balaban J connectivity index is 1.98. The van der Waals surface area contributed by atoms with Gasteiger partial charge in [0.15, 0.2) is 0 Å². The fourth-order valence-corrected chi connectivity index (χ4v) is 5.53. The highest BCUT2D eigenvalue weighted by Crippen LogP contribution is 2.73. The molecule has 2 fully saturated rings. The number of aliphatic hydroxyl groups excluding tert-OH is 1. The van der Waals surface area contributed by atoms with Crippen LogP contribution in [0.5, 0.6) is 0 Å². The molecule has 0 spiro atoms. The number of hydrogen-bond acceptors (Lipinski definition) is 3. The van der Waals surface area contributed by atoms with E-state index in [9.17, 15) is 5.11 Å². The summed E-state index contributed by atoms with van der Waals surface area (Å²) >= 11 is 0. The smallest absolute Gasteiger partial charge is 0.117 e. The standard InChI is InChI=1S/C17H22N2O/c1-15(2)16(11-20)13-9-6-10-14(13)17(15,19-18-16)12-7-4-3-5-8-12/h3-5,7-8,13-14,20H,6,9-11H2,1-2H3/t13-,14+,16-,17+/m0/s1. The molecule has 0 radical (unpaired) electrons. The van der Waals surface area contributed by atoms with Crippen molar-refractivity contribution in [3.8, 4) is 0 Å². The molecule has 3 aliphatic rings. The molecule has 1 aliphatic heterocycles. The number of azo groups is 1. The molecule has 1 aromatic rings. The van der Waals surface area contributed by atoms with E-state index in [0.29, 0.717) is 11.8 Å². The Morgan fingerprint density at radius 1 is 1.10 bits per heavy atom. The molecule has 0 saturated heterocycles. The summed E-state index contributed by atoms with van der Waals surface area (Å²) in [7, 11) is 0. The molecule has 20 heavy (non-hydrogen) atoms. The number of fused-ring (bicyclic) bond motifs is 5. The number of aliphatic hydroxyl groups is 1. The van der Waals surface area contributed by atoms with Crippen molar-refractivity contribution >= 4 is 0 Å². The van der Waals surface area contributed by atoms with Gasteiger partial charge in [0, 0.05) is 5.41 Å². The normalized spacial score (nSPS) is 44.0. The van der Waals surface area contributed by atoms with Crippen LogP contribution in [0.25, 0.3) is 0 Å². The predicted octanol–water partition coefficient (Wildman–Crippen LogP) is 3.53. The van der Waals surface area contributed by atoms with E-state index < -0.39 is 0 Å². The molecule has 1 N–H and O–H groups in total. The molecule has 1 heterocycles. The highest BCUT2D eigenvalue weighted by Gasteiger charge is 2.77. The van der Waals surface area contributed by atoms with E-state index in [1.165, 1.54) is 24.8 Å². The largest absolute Gasteiger partial charge is 0.394 e. The van der Waals surface area contributed by atoms with Crippen LogP contribution in [0.3, 0.4) is 0 Å². The summed E-state index contributed by atoms with van der Waals surface area (Å²) in [5.74, 6) is 1.02. The number of nitrogens with zero attached hydrogens (tertiary/aromatic N) is 2. The van der Waals surface area contributed by atoms with Gasteiger partial charge < -0.3 is 5.11 Å². The Morgan fingerprint density at radius 2 is 1.80 bits per heavy atom. The molecular formula is C17H22N2O. The maximum absolute atomic E-state index is 10.1. The van der Waals surface area contributed by atoms with E-state index in [1.54, 1.807) is 0 Å². The van der Waals surface area contributed by atoms with Crippen LogP contribution in [0.15, 0.2) is 40.6 Å². The number of rotatable bonds is 2. The first-order chi connectivity index (χ1) is 9.60. The lowest BCUT2D eigenvalue weighted by Crippen LogP contribution is -2.48. The predicted molar refractivity (Wildman–Crippen MR) is 77.4 cm³/mol. The second-order valence-corrected chi connectivity index (χ2v) is 7.18. The third kappa shape index (κ3) is 1.06. The van der Waals surface area contributed by atoms with Crippen LogP contribution < -0.4 is 0 Å². The van der Waals surface area contributed by atoms with Gasteiger partial charge in [-0.25, -0.2) is 0 Å². The average molecular weight is 270 g/mol. The third-order valence-electron chi connectivity index (χ3n) is 6.54. The topological polar surface area (TPSA) is 45.0 Å². The summed E-state index contributed by atoms with van der Waals surface area (Å²) in [6.07, 6.45) is 3.64. The number of hydrogen-bond donors (Lipinski definition) is 1. The van der Waals surface area contributed by atoms with E-state index in [4.69, 9.17) is 5.11 Å². The zero-order chi connectivity index (χ0) is 14.0. The molecule has 2 aliphatic carbocycles. The van der Waals surface area contributed by atoms with Crippen molar-refractivity contribution in [2.24, 2.45) is 27.5 Å². The molecule has 4 rings (SSSR count). The Bertz CT molecular complexity index is 568. The van der Waals surface area contributed by atoms with Gasteiger partial charge in [-0.3, -0.25) is 0 Å². The lowest BCUT2D eigenvalue weighted by Gasteiger charge is -2.40. The van der Waals surface area contributed by atoms with Gasteiger partial charge in [0.2, 0.25) is 0 Å². The van der Waals surface area contributed by atoms with E-state index in [0.717, 1.165) is 0 Å². The van der Waals surface area contributed by atoms with Gasteiger partial charge in [-0.2, -0.15) is 10.2 Å². The van der Waals surface area contributed by atoms with Gasteiger partial charge in [-0.1, -0.05) is 50.6 Å². The van der Waals surface area contributed by atoms with Crippen molar-refractivity contribution in [2.75, 3.05) is 6.61 Å². The first-order valence-electron chi connectivity index (χ1n) is 7.70. The Hall–Kier alpha value is -1.22. The van der Waals surface area contributed by atoms with E-state index in [1.807, 2.05) is 0 Å². The maximum Gasteiger partial charge on any atom is 0.117 e. The zero-order valence-electron chi connectivity index (χ0n) is 12.2. The Morgan fingerprint density at radius 3 is 2.50 bits per heavy atom. The van der Waals surface area contributed by atoms with Crippen molar-refractivity contribution in [3.05, 3.63) is 35.9 Å². The van der Waals surface area contributed by atoms with Crippen molar-refractivity contribution in [1.29, 1.82) is 0 Å². The SMILES string of the molecule is CC1(C)[C@@]2(CO)N=N[C@]1(c1ccccc1)[C@@H]1CCC[C@@H]12. The molecule has 3 heteroatoms. The Labute approximate surface area is 120 Å². The van der Waals surface area contributed by atoms with Crippen LogP contribution in [0.1, 0.15) is 38.7 Å². The minimum absolute atomic E-state index is 0.119. The third-order valence-corrected chi connectivity index (χ3v) is 6.54. The minimum atomic E-state index is -0.371. The average Bonchev–Trinajstić information content (AvgIpc) is 3.07. The van der Waals surface area contributed by atoms with Gasteiger partial charge in [-0.05, 0) is 30.2 Å².